The zero-order chi connectivity index (χ0) is 20.7. The second kappa shape index (κ2) is 14.1. The number of halogens is 2. The number of carbonyl (C=O) groups is 3. The average molecular weight is 468 g/mol. The van der Waals surface area contributed by atoms with Crippen LogP contribution in [-0.4, -0.2) is 90.8 Å². The summed E-state index contributed by atoms with van der Waals surface area (Å²) in [5.41, 5.74) is 5.79. The molecule has 0 unspecified atom stereocenters. The van der Waals surface area contributed by atoms with Gasteiger partial charge >= 0.3 is 0 Å². The van der Waals surface area contributed by atoms with Crippen LogP contribution in [0.15, 0.2) is 0 Å². The van der Waals surface area contributed by atoms with Gasteiger partial charge in [0.05, 0.1) is 12.6 Å². The van der Waals surface area contributed by atoms with Crippen LogP contribution in [0.3, 0.4) is 0 Å². The molecule has 0 aromatic carbocycles. The standard InChI is InChI=1S/C20H37N5O3.2ClH/c1-4-23-9-11-25(12-10-23)17(26)13-16-5-7-24(8-6-16)18(27)14-22-20(28)19(21)15(2)3;;/h15-16,19H,4-14,21H2,1-3H3,(H,22,28);2*1H/t19-;;/m0../s1. The summed E-state index contributed by atoms with van der Waals surface area (Å²) in [6.07, 6.45) is 2.26. The number of likely N-dealkylation sites (N-methyl/N-ethyl adjacent to an activating group) is 1. The fourth-order valence-electron chi connectivity index (χ4n) is 3.77. The molecule has 0 radical (unpaired) electrons. The number of hydrogen-bond donors (Lipinski definition) is 2. The largest absolute Gasteiger partial charge is 0.346 e. The molecule has 30 heavy (non-hydrogen) atoms. The van der Waals surface area contributed by atoms with Crippen molar-refractivity contribution in [1.82, 2.24) is 20.0 Å². The molecule has 2 saturated heterocycles. The van der Waals surface area contributed by atoms with Crippen molar-refractivity contribution in [2.24, 2.45) is 17.6 Å². The maximum atomic E-state index is 12.5. The van der Waals surface area contributed by atoms with Crippen molar-refractivity contribution < 1.29 is 14.4 Å². The van der Waals surface area contributed by atoms with E-state index >= 15 is 0 Å². The molecule has 2 aliphatic heterocycles. The highest BCUT2D eigenvalue weighted by Crippen LogP contribution is 2.22. The Morgan fingerprint density at radius 2 is 1.47 bits per heavy atom. The third-order valence-electron chi connectivity index (χ3n) is 6.04. The molecule has 2 aliphatic rings. The quantitative estimate of drug-likeness (QED) is 0.574. The van der Waals surface area contributed by atoms with E-state index in [1.807, 2.05) is 18.7 Å². The molecule has 0 saturated carbocycles. The van der Waals surface area contributed by atoms with Crippen molar-refractivity contribution in [2.45, 2.75) is 46.1 Å². The van der Waals surface area contributed by atoms with Crippen LogP contribution in [0.5, 0.6) is 0 Å². The van der Waals surface area contributed by atoms with E-state index in [1.165, 1.54) is 0 Å². The van der Waals surface area contributed by atoms with Gasteiger partial charge in [0.2, 0.25) is 17.7 Å². The average Bonchev–Trinajstić information content (AvgIpc) is 2.71. The van der Waals surface area contributed by atoms with Crippen LogP contribution < -0.4 is 11.1 Å². The highest BCUT2D eigenvalue weighted by atomic mass is 35.5. The lowest BCUT2D eigenvalue weighted by Crippen LogP contribution is -2.50. The molecule has 0 aromatic rings. The molecule has 0 aromatic heterocycles. The lowest BCUT2D eigenvalue weighted by atomic mass is 9.92. The molecule has 0 spiro atoms. The number of carbonyl (C=O) groups excluding carboxylic acids is 3. The molecule has 10 heteroatoms. The third-order valence-corrected chi connectivity index (χ3v) is 6.04. The van der Waals surface area contributed by atoms with Gasteiger partial charge in [0, 0.05) is 45.7 Å². The number of rotatable bonds is 7. The van der Waals surface area contributed by atoms with Gasteiger partial charge < -0.3 is 25.8 Å². The number of hydrogen-bond acceptors (Lipinski definition) is 5. The van der Waals surface area contributed by atoms with Crippen LogP contribution >= 0.6 is 24.8 Å². The fraction of sp³-hybridized carbons (Fsp3) is 0.850. The summed E-state index contributed by atoms with van der Waals surface area (Å²) in [5, 5.41) is 2.64. The zero-order valence-corrected chi connectivity index (χ0v) is 20.1. The first kappa shape index (κ1) is 28.9. The van der Waals surface area contributed by atoms with Crippen LogP contribution in [0, 0.1) is 11.8 Å². The van der Waals surface area contributed by atoms with Crippen LogP contribution in [0.2, 0.25) is 0 Å². The number of nitrogens with one attached hydrogen (secondary N) is 1. The number of nitrogens with two attached hydrogens (primary N) is 1. The van der Waals surface area contributed by atoms with Crippen LogP contribution in [-0.2, 0) is 14.4 Å². The minimum atomic E-state index is -0.594. The fourth-order valence-corrected chi connectivity index (χ4v) is 3.77. The van der Waals surface area contributed by atoms with E-state index in [0.717, 1.165) is 45.6 Å². The first-order valence-electron chi connectivity index (χ1n) is 10.6. The van der Waals surface area contributed by atoms with Crippen molar-refractivity contribution in [3.8, 4) is 0 Å². The number of piperazine rings is 1. The van der Waals surface area contributed by atoms with Crippen molar-refractivity contribution in [2.75, 3.05) is 52.4 Å². The lowest BCUT2D eigenvalue weighted by Gasteiger charge is -2.36. The van der Waals surface area contributed by atoms with Crippen molar-refractivity contribution in [3.63, 3.8) is 0 Å². The molecular formula is C20H39Cl2N5O3. The molecule has 0 aliphatic carbocycles. The monoisotopic (exact) mass is 467 g/mol. The minimum Gasteiger partial charge on any atom is -0.346 e. The van der Waals surface area contributed by atoms with Gasteiger partial charge in [-0.05, 0) is 31.2 Å². The van der Waals surface area contributed by atoms with Crippen LogP contribution in [0.4, 0.5) is 0 Å². The molecule has 0 bridgehead atoms. The van der Waals surface area contributed by atoms with E-state index in [0.29, 0.717) is 25.4 Å². The predicted molar refractivity (Wildman–Crippen MR) is 123 cm³/mol. The summed E-state index contributed by atoms with van der Waals surface area (Å²) in [7, 11) is 0. The Morgan fingerprint density at radius 3 is 1.97 bits per heavy atom. The molecular weight excluding hydrogens is 429 g/mol. The molecule has 2 rings (SSSR count). The number of amides is 3. The van der Waals surface area contributed by atoms with Gasteiger partial charge in [0.15, 0.2) is 0 Å². The molecule has 3 amide bonds. The number of likely N-dealkylation sites (tertiary alicyclic amines) is 1. The first-order chi connectivity index (χ1) is 13.3. The molecule has 1 atom stereocenters. The highest BCUT2D eigenvalue weighted by Gasteiger charge is 2.28. The third kappa shape index (κ3) is 8.57. The van der Waals surface area contributed by atoms with Gasteiger partial charge in [0.1, 0.15) is 0 Å². The molecule has 176 valence electrons. The minimum absolute atomic E-state index is 0. The number of piperidine rings is 1. The summed E-state index contributed by atoms with van der Waals surface area (Å²) in [6.45, 7) is 11.8. The Bertz CT molecular complexity index is 549. The van der Waals surface area contributed by atoms with E-state index in [2.05, 4.69) is 17.1 Å². The lowest BCUT2D eigenvalue weighted by molar-refractivity contribution is -0.136. The maximum absolute atomic E-state index is 12.5. The maximum Gasteiger partial charge on any atom is 0.241 e. The van der Waals surface area contributed by atoms with Crippen LogP contribution in [0.1, 0.15) is 40.0 Å². The topological polar surface area (TPSA) is 99.0 Å². The predicted octanol–water partition coefficient (Wildman–Crippen LogP) is 0.722. The number of nitrogens with zero attached hydrogens (tertiary/aromatic N) is 3. The molecule has 2 heterocycles. The summed E-state index contributed by atoms with van der Waals surface area (Å²) in [5.74, 6) is 0.255. The van der Waals surface area contributed by atoms with Gasteiger partial charge in [0.25, 0.3) is 0 Å². The summed E-state index contributed by atoms with van der Waals surface area (Å²) < 4.78 is 0. The summed E-state index contributed by atoms with van der Waals surface area (Å²) in [4.78, 5) is 42.9. The first-order valence-corrected chi connectivity index (χ1v) is 10.6. The Morgan fingerprint density at radius 1 is 0.933 bits per heavy atom. The van der Waals surface area contributed by atoms with Gasteiger partial charge in [-0.2, -0.15) is 0 Å². The summed E-state index contributed by atoms with van der Waals surface area (Å²) >= 11 is 0. The Hall–Kier alpha value is -1.09. The van der Waals surface area contributed by atoms with Crippen molar-refractivity contribution in [1.29, 1.82) is 0 Å². The second-order valence-corrected chi connectivity index (χ2v) is 8.33. The van der Waals surface area contributed by atoms with E-state index in [-0.39, 0.29) is 55.0 Å². The zero-order valence-electron chi connectivity index (χ0n) is 18.5. The van der Waals surface area contributed by atoms with Crippen molar-refractivity contribution >= 4 is 42.5 Å². The SMILES string of the molecule is CCN1CCN(C(=O)CC2CCN(C(=O)CNC(=O)[C@@H](N)C(C)C)CC2)CC1.Cl.Cl. The van der Waals surface area contributed by atoms with Gasteiger partial charge in [-0.25, -0.2) is 0 Å². The van der Waals surface area contributed by atoms with Crippen molar-refractivity contribution in [3.05, 3.63) is 0 Å². The highest BCUT2D eigenvalue weighted by molar-refractivity contribution is 5.87. The Balaban J connectivity index is 0.00000420. The smallest absolute Gasteiger partial charge is 0.241 e. The van der Waals surface area contributed by atoms with E-state index < -0.39 is 6.04 Å². The van der Waals surface area contributed by atoms with Gasteiger partial charge in [-0.15, -0.1) is 24.8 Å². The summed E-state index contributed by atoms with van der Waals surface area (Å²) in [6, 6.07) is -0.594. The van der Waals surface area contributed by atoms with E-state index in [4.69, 9.17) is 5.73 Å². The van der Waals surface area contributed by atoms with Gasteiger partial charge in [-0.1, -0.05) is 20.8 Å². The Kier molecular flexibility index (Phi) is 13.6. The Labute approximate surface area is 193 Å². The molecule has 2 fully saturated rings. The molecule has 8 nitrogen and oxygen atoms in total. The molecule has 3 N–H and O–H groups in total. The van der Waals surface area contributed by atoms with Crippen LogP contribution in [0.25, 0.3) is 0 Å². The van der Waals surface area contributed by atoms with Gasteiger partial charge in [-0.3, -0.25) is 14.4 Å². The van der Waals surface area contributed by atoms with E-state index in [1.54, 1.807) is 4.90 Å². The van der Waals surface area contributed by atoms with E-state index in [9.17, 15) is 14.4 Å². The normalized spacial score (nSPS) is 19.0. The second-order valence-electron chi connectivity index (χ2n) is 8.33.